The molecule has 0 saturated heterocycles. The Labute approximate surface area is 119 Å². The minimum Gasteiger partial charge on any atom is -0.497 e. The van der Waals surface area contributed by atoms with Gasteiger partial charge in [-0.15, -0.1) is 0 Å². The van der Waals surface area contributed by atoms with Crippen molar-refractivity contribution in [2.24, 2.45) is 0 Å². The third-order valence-electron chi connectivity index (χ3n) is 3.71. The standard InChI is InChI=1S/C17H18O3/c1-18-13-7-8-14-12(11-13)9-10-20-17(14)15-5-3-4-6-16(15)19-2/h3-8,11,17H,9-10H2,1-2H3/t17-/m1/s1. The molecule has 0 spiro atoms. The summed E-state index contributed by atoms with van der Waals surface area (Å²) in [5.74, 6) is 1.76. The highest BCUT2D eigenvalue weighted by molar-refractivity contribution is 5.46. The fourth-order valence-electron chi connectivity index (χ4n) is 2.70. The zero-order valence-electron chi connectivity index (χ0n) is 11.8. The van der Waals surface area contributed by atoms with Crippen LogP contribution < -0.4 is 9.47 Å². The zero-order valence-corrected chi connectivity index (χ0v) is 11.8. The lowest BCUT2D eigenvalue weighted by Crippen LogP contribution is -2.18. The summed E-state index contributed by atoms with van der Waals surface area (Å²) in [5.41, 5.74) is 3.55. The third-order valence-corrected chi connectivity index (χ3v) is 3.71. The van der Waals surface area contributed by atoms with Gasteiger partial charge in [-0.25, -0.2) is 0 Å². The fraction of sp³-hybridized carbons (Fsp3) is 0.294. The van der Waals surface area contributed by atoms with Gasteiger partial charge in [0.15, 0.2) is 0 Å². The molecule has 0 bridgehead atoms. The van der Waals surface area contributed by atoms with E-state index in [-0.39, 0.29) is 6.10 Å². The van der Waals surface area contributed by atoms with Gasteiger partial charge in [-0.05, 0) is 35.7 Å². The summed E-state index contributed by atoms with van der Waals surface area (Å²) < 4.78 is 16.7. The Balaban J connectivity index is 2.05. The smallest absolute Gasteiger partial charge is 0.125 e. The Hall–Kier alpha value is -2.00. The van der Waals surface area contributed by atoms with Crippen LogP contribution in [0, 0.1) is 0 Å². The van der Waals surface area contributed by atoms with E-state index < -0.39 is 0 Å². The number of methoxy groups -OCH3 is 2. The van der Waals surface area contributed by atoms with Gasteiger partial charge < -0.3 is 14.2 Å². The van der Waals surface area contributed by atoms with Crippen LogP contribution >= 0.6 is 0 Å². The SMILES string of the molecule is COc1ccc2c(c1)CCO[C@H]2c1ccccc1OC. The normalized spacial score (nSPS) is 17.4. The van der Waals surface area contributed by atoms with E-state index in [9.17, 15) is 0 Å². The average molecular weight is 270 g/mol. The highest BCUT2D eigenvalue weighted by atomic mass is 16.5. The van der Waals surface area contributed by atoms with Crippen LogP contribution in [0.4, 0.5) is 0 Å². The molecule has 3 heteroatoms. The molecular weight excluding hydrogens is 252 g/mol. The van der Waals surface area contributed by atoms with Crippen LogP contribution in [0.5, 0.6) is 11.5 Å². The third kappa shape index (κ3) is 2.25. The van der Waals surface area contributed by atoms with Crippen LogP contribution in [0.3, 0.4) is 0 Å². The van der Waals surface area contributed by atoms with E-state index in [1.165, 1.54) is 11.1 Å². The van der Waals surface area contributed by atoms with Crippen LogP contribution in [0.25, 0.3) is 0 Å². The maximum absolute atomic E-state index is 5.99. The Morgan fingerprint density at radius 1 is 1.00 bits per heavy atom. The molecule has 20 heavy (non-hydrogen) atoms. The predicted octanol–water partition coefficient (Wildman–Crippen LogP) is 3.37. The predicted molar refractivity (Wildman–Crippen MR) is 77.5 cm³/mol. The van der Waals surface area contributed by atoms with Crippen LogP contribution in [-0.2, 0) is 11.2 Å². The number of benzene rings is 2. The van der Waals surface area contributed by atoms with E-state index in [1.54, 1.807) is 14.2 Å². The molecule has 1 aliphatic heterocycles. The number of hydrogen-bond acceptors (Lipinski definition) is 3. The lowest BCUT2D eigenvalue weighted by Gasteiger charge is -2.27. The van der Waals surface area contributed by atoms with Gasteiger partial charge in [0, 0.05) is 5.56 Å². The second-order valence-electron chi connectivity index (χ2n) is 4.81. The minimum atomic E-state index is -0.0687. The molecule has 0 amide bonds. The number of ether oxygens (including phenoxy) is 3. The number of hydrogen-bond donors (Lipinski definition) is 0. The molecule has 0 fully saturated rings. The van der Waals surface area contributed by atoms with Gasteiger partial charge in [-0.3, -0.25) is 0 Å². The molecule has 0 aromatic heterocycles. The highest BCUT2D eigenvalue weighted by Gasteiger charge is 2.25. The maximum Gasteiger partial charge on any atom is 0.125 e. The van der Waals surface area contributed by atoms with Gasteiger partial charge in [0.05, 0.1) is 20.8 Å². The Kier molecular flexibility index (Phi) is 3.61. The van der Waals surface area contributed by atoms with E-state index in [1.807, 2.05) is 24.3 Å². The molecule has 1 heterocycles. The summed E-state index contributed by atoms with van der Waals surface area (Å²) >= 11 is 0. The van der Waals surface area contributed by atoms with E-state index in [4.69, 9.17) is 14.2 Å². The van der Waals surface area contributed by atoms with Crippen molar-refractivity contribution >= 4 is 0 Å². The maximum atomic E-state index is 5.99. The van der Waals surface area contributed by atoms with Gasteiger partial charge in [-0.2, -0.15) is 0 Å². The fourth-order valence-corrected chi connectivity index (χ4v) is 2.70. The van der Waals surface area contributed by atoms with E-state index in [0.29, 0.717) is 6.61 Å². The molecule has 0 aliphatic carbocycles. The van der Waals surface area contributed by atoms with Crippen molar-refractivity contribution in [2.45, 2.75) is 12.5 Å². The van der Waals surface area contributed by atoms with Gasteiger partial charge >= 0.3 is 0 Å². The van der Waals surface area contributed by atoms with Gasteiger partial charge in [0.1, 0.15) is 17.6 Å². The van der Waals surface area contributed by atoms with Crippen molar-refractivity contribution in [1.29, 1.82) is 0 Å². The molecule has 104 valence electrons. The second kappa shape index (κ2) is 5.55. The monoisotopic (exact) mass is 270 g/mol. The summed E-state index contributed by atoms with van der Waals surface area (Å²) in [4.78, 5) is 0. The molecule has 0 N–H and O–H groups in total. The molecular formula is C17H18O3. The molecule has 0 unspecified atom stereocenters. The number of rotatable bonds is 3. The van der Waals surface area contributed by atoms with E-state index in [2.05, 4.69) is 18.2 Å². The number of fused-ring (bicyclic) bond motifs is 1. The average Bonchev–Trinajstić information content (AvgIpc) is 2.53. The highest BCUT2D eigenvalue weighted by Crippen LogP contribution is 2.38. The minimum absolute atomic E-state index is 0.0687. The van der Waals surface area contributed by atoms with Crippen LogP contribution in [0.1, 0.15) is 22.8 Å². The molecule has 3 nitrogen and oxygen atoms in total. The first-order chi connectivity index (χ1) is 9.83. The second-order valence-corrected chi connectivity index (χ2v) is 4.81. The van der Waals surface area contributed by atoms with Crippen molar-refractivity contribution in [2.75, 3.05) is 20.8 Å². The van der Waals surface area contributed by atoms with Crippen molar-refractivity contribution < 1.29 is 14.2 Å². The first-order valence-electron chi connectivity index (χ1n) is 6.75. The topological polar surface area (TPSA) is 27.7 Å². The summed E-state index contributed by atoms with van der Waals surface area (Å²) in [7, 11) is 3.38. The van der Waals surface area contributed by atoms with Gasteiger partial charge in [-0.1, -0.05) is 24.3 Å². The summed E-state index contributed by atoms with van der Waals surface area (Å²) in [6, 6.07) is 14.2. The summed E-state index contributed by atoms with van der Waals surface area (Å²) in [6.45, 7) is 0.711. The lowest BCUT2D eigenvalue weighted by atomic mass is 9.92. The van der Waals surface area contributed by atoms with Gasteiger partial charge in [0.2, 0.25) is 0 Å². The first kappa shape index (κ1) is 13.0. The molecule has 2 aromatic carbocycles. The Morgan fingerprint density at radius 2 is 1.85 bits per heavy atom. The van der Waals surface area contributed by atoms with Crippen molar-refractivity contribution in [3.63, 3.8) is 0 Å². The number of para-hydroxylation sites is 1. The summed E-state index contributed by atoms with van der Waals surface area (Å²) in [6.07, 6.45) is 0.846. The Bertz CT molecular complexity index is 607. The molecule has 1 atom stereocenters. The van der Waals surface area contributed by atoms with Crippen LogP contribution in [0.15, 0.2) is 42.5 Å². The Morgan fingerprint density at radius 3 is 2.65 bits per heavy atom. The quantitative estimate of drug-likeness (QED) is 0.856. The zero-order chi connectivity index (χ0) is 13.9. The van der Waals surface area contributed by atoms with Crippen molar-refractivity contribution in [3.8, 4) is 11.5 Å². The van der Waals surface area contributed by atoms with Crippen molar-refractivity contribution in [3.05, 3.63) is 59.2 Å². The van der Waals surface area contributed by atoms with Crippen LogP contribution in [0.2, 0.25) is 0 Å². The lowest BCUT2D eigenvalue weighted by molar-refractivity contribution is 0.0680. The molecule has 1 aliphatic rings. The largest absolute Gasteiger partial charge is 0.497 e. The summed E-state index contributed by atoms with van der Waals surface area (Å²) in [5, 5.41) is 0. The molecule has 0 saturated carbocycles. The van der Waals surface area contributed by atoms with Gasteiger partial charge in [0.25, 0.3) is 0 Å². The van der Waals surface area contributed by atoms with E-state index in [0.717, 1.165) is 23.5 Å². The van der Waals surface area contributed by atoms with Crippen molar-refractivity contribution in [1.82, 2.24) is 0 Å². The first-order valence-corrected chi connectivity index (χ1v) is 6.75. The van der Waals surface area contributed by atoms with Crippen LogP contribution in [-0.4, -0.2) is 20.8 Å². The molecule has 0 radical (unpaired) electrons. The molecule has 2 aromatic rings. The van der Waals surface area contributed by atoms with E-state index >= 15 is 0 Å². The molecule has 3 rings (SSSR count).